The van der Waals surface area contributed by atoms with Gasteiger partial charge in [-0.15, -0.1) is 6.58 Å². The first-order valence-corrected chi connectivity index (χ1v) is 7.33. The van der Waals surface area contributed by atoms with Gasteiger partial charge in [0.25, 0.3) is 0 Å². The van der Waals surface area contributed by atoms with E-state index in [9.17, 15) is 0 Å². The molecule has 4 heteroatoms. The lowest BCUT2D eigenvalue weighted by Gasteiger charge is -2.38. The van der Waals surface area contributed by atoms with E-state index in [4.69, 9.17) is 10.7 Å². The second-order valence-corrected chi connectivity index (χ2v) is 5.51. The Labute approximate surface area is 116 Å². The van der Waals surface area contributed by atoms with Crippen molar-refractivity contribution >= 4 is 5.95 Å². The number of allylic oxidation sites excluding steroid dienone is 1. The summed E-state index contributed by atoms with van der Waals surface area (Å²) in [5.74, 6) is 1.68. The van der Waals surface area contributed by atoms with Gasteiger partial charge in [0.1, 0.15) is 0 Å². The van der Waals surface area contributed by atoms with Crippen LogP contribution in [0, 0.1) is 5.92 Å². The van der Waals surface area contributed by atoms with E-state index in [1.54, 1.807) is 0 Å². The summed E-state index contributed by atoms with van der Waals surface area (Å²) in [5.41, 5.74) is 7.00. The van der Waals surface area contributed by atoms with E-state index in [1.165, 1.54) is 12.8 Å². The van der Waals surface area contributed by atoms with Crippen LogP contribution in [0.15, 0.2) is 18.9 Å². The minimum atomic E-state index is 0.540. The average molecular weight is 262 g/mol. The smallest absolute Gasteiger partial charge is 0.206 e. The summed E-state index contributed by atoms with van der Waals surface area (Å²) in [5, 5.41) is 0. The number of imidazole rings is 1. The minimum Gasteiger partial charge on any atom is -0.339 e. The highest BCUT2D eigenvalue weighted by Crippen LogP contribution is 2.27. The number of aromatic nitrogens is 2. The maximum atomic E-state index is 5.85. The highest BCUT2D eigenvalue weighted by atomic mass is 15.3. The van der Waals surface area contributed by atoms with E-state index in [0.717, 1.165) is 37.7 Å². The van der Waals surface area contributed by atoms with Crippen LogP contribution in [-0.2, 0) is 13.0 Å². The van der Waals surface area contributed by atoms with Crippen molar-refractivity contribution in [2.24, 2.45) is 11.7 Å². The Morgan fingerprint density at radius 2 is 2.32 bits per heavy atom. The van der Waals surface area contributed by atoms with Crippen molar-refractivity contribution in [1.82, 2.24) is 9.55 Å². The summed E-state index contributed by atoms with van der Waals surface area (Å²) in [7, 11) is 0. The number of anilines is 1. The Morgan fingerprint density at radius 1 is 1.53 bits per heavy atom. The Bertz CT molecular complexity index is 424. The van der Waals surface area contributed by atoms with Crippen molar-refractivity contribution in [3.05, 3.63) is 24.5 Å². The predicted octanol–water partition coefficient (Wildman–Crippen LogP) is 2.20. The maximum absolute atomic E-state index is 5.85. The number of hydrogen-bond donors (Lipinski definition) is 1. The van der Waals surface area contributed by atoms with Gasteiger partial charge in [-0.05, 0) is 38.6 Å². The fraction of sp³-hybridized carbons (Fsp3) is 0.667. The first-order valence-electron chi connectivity index (χ1n) is 7.33. The van der Waals surface area contributed by atoms with E-state index in [2.05, 4.69) is 36.1 Å². The molecule has 1 aliphatic rings. The largest absolute Gasteiger partial charge is 0.339 e. The van der Waals surface area contributed by atoms with Crippen LogP contribution in [0.25, 0.3) is 0 Å². The predicted molar refractivity (Wildman–Crippen MR) is 80.4 cm³/mol. The van der Waals surface area contributed by atoms with Gasteiger partial charge in [-0.25, -0.2) is 4.98 Å². The van der Waals surface area contributed by atoms with Crippen molar-refractivity contribution in [2.45, 2.75) is 45.7 Å². The first-order chi connectivity index (χ1) is 9.19. The average Bonchev–Trinajstić information content (AvgIpc) is 2.83. The molecule has 1 saturated heterocycles. The van der Waals surface area contributed by atoms with E-state index in [1.807, 2.05) is 6.08 Å². The van der Waals surface area contributed by atoms with Crippen LogP contribution in [0.2, 0.25) is 0 Å². The molecular weight excluding hydrogens is 236 g/mol. The molecule has 1 aliphatic heterocycles. The van der Waals surface area contributed by atoms with Crippen LogP contribution in [-0.4, -0.2) is 28.7 Å². The first kappa shape index (κ1) is 14.1. The third-order valence-electron chi connectivity index (χ3n) is 4.06. The zero-order valence-corrected chi connectivity index (χ0v) is 12.2. The number of aryl methyl sites for hydroxylation is 1. The highest BCUT2D eigenvalue weighted by Gasteiger charge is 2.27. The monoisotopic (exact) mass is 262 g/mol. The lowest BCUT2D eigenvalue weighted by atomic mass is 9.94. The van der Waals surface area contributed by atoms with Gasteiger partial charge in [-0.2, -0.15) is 0 Å². The summed E-state index contributed by atoms with van der Waals surface area (Å²) in [4.78, 5) is 7.21. The molecule has 4 nitrogen and oxygen atoms in total. The molecule has 0 spiro atoms. The van der Waals surface area contributed by atoms with Crippen molar-refractivity contribution in [3.8, 4) is 0 Å². The summed E-state index contributed by atoms with van der Waals surface area (Å²) < 4.78 is 2.21. The number of rotatable bonds is 5. The number of piperidine rings is 1. The van der Waals surface area contributed by atoms with E-state index in [0.29, 0.717) is 12.0 Å². The van der Waals surface area contributed by atoms with Crippen LogP contribution >= 0.6 is 0 Å². The van der Waals surface area contributed by atoms with Crippen LogP contribution < -0.4 is 10.6 Å². The zero-order valence-electron chi connectivity index (χ0n) is 12.2. The second-order valence-electron chi connectivity index (χ2n) is 5.51. The molecule has 2 N–H and O–H groups in total. The lowest BCUT2D eigenvalue weighted by molar-refractivity contribution is 0.367. The fourth-order valence-corrected chi connectivity index (χ4v) is 2.79. The van der Waals surface area contributed by atoms with Gasteiger partial charge in [-0.3, -0.25) is 0 Å². The van der Waals surface area contributed by atoms with Crippen LogP contribution in [0.5, 0.6) is 0 Å². The molecule has 0 bridgehead atoms. The Balaban J connectivity index is 2.27. The van der Waals surface area contributed by atoms with Gasteiger partial charge in [0.05, 0.1) is 5.69 Å². The van der Waals surface area contributed by atoms with Crippen LogP contribution in [0.3, 0.4) is 0 Å². The van der Waals surface area contributed by atoms with Gasteiger partial charge in [0.2, 0.25) is 5.95 Å². The van der Waals surface area contributed by atoms with Crippen molar-refractivity contribution in [3.63, 3.8) is 0 Å². The van der Waals surface area contributed by atoms with E-state index < -0.39 is 0 Å². The van der Waals surface area contributed by atoms with Gasteiger partial charge >= 0.3 is 0 Å². The van der Waals surface area contributed by atoms with Gasteiger partial charge in [0.15, 0.2) is 0 Å². The molecule has 19 heavy (non-hydrogen) atoms. The van der Waals surface area contributed by atoms with Gasteiger partial charge in [-0.1, -0.05) is 13.0 Å². The summed E-state index contributed by atoms with van der Waals surface area (Å²) in [6.45, 7) is 10.9. The molecular formula is C15H26N4. The number of nitrogens with two attached hydrogens (primary N) is 1. The number of hydrogen-bond acceptors (Lipinski definition) is 3. The molecule has 2 unspecified atom stereocenters. The molecule has 106 valence electrons. The summed E-state index contributed by atoms with van der Waals surface area (Å²) in [6.07, 6.45) is 7.48. The fourth-order valence-electron chi connectivity index (χ4n) is 2.79. The van der Waals surface area contributed by atoms with Crippen LogP contribution in [0.4, 0.5) is 5.95 Å². The molecule has 0 amide bonds. The van der Waals surface area contributed by atoms with Crippen molar-refractivity contribution in [2.75, 3.05) is 18.0 Å². The molecule has 0 aromatic carbocycles. The Kier molecular flexibility index (Phi) is 4.64. The van der Waals surface area contributed by atoms with Gasteiger partial charge < -0.3 is 15.2 Å². The normalized spacial score (nSPS) is 23.6. The molecule has 2 rings (SSSR count). The number of nitrogens with zero attached hydrogens (tertiary/aromatic N) is 3. The van der Waals surface area contributed by atoms with Gasteiger partial charge in [0, 0.05) is 25.3 Å². The third kappa shape index (κ3) is 3.00. The SMILES string of the molecule is C=CCn1cc(CC)nc1N1CC(CN)CCC1C. The summed E-state index contributed by atoms with van der Waals surface area (Å²) in [6, 6.07) is 0.540. The molecule has 2 atom stereocenters. The standard InChI is InChI=1S/C15H26N4/c1-4-8-18-11-14(5-2)17-15(18)19-10-13(9-16)7-6-12(19)3/h4,11-13H,1,5-10,16H2,2-3H3. The Morgan fingerprint density at radius 3 is 2.95 bits per heavy atom. The Hall–Kier alpha value is -1.29. The molecule has 0 saturated carbocycles. The lowest BCUT2D eigenvalue weighted by Crippen LogP contribution is -2.45. The quantitative estimate of drug-likeness (QED) is 0.828. The topological polar surface area (TPSA) is 47.1 Å². The third-order valence-corrected chi connectivity index (χ3v) is 4.06. The van der Waals surface area contributed by atoms with Crippen molar-refractivity contribution < 1.29 is 0 Å². The molecule has 0 radical (unpaired) electrons. The van der Waals surface area contributed by atoms with Crippen LogP contribution in [0.1, 0.15) is 32.4 Å². The maximum Gasteiger partial charge on any atom is 0.206 e. The molecule has 2 heterocycles. The molecule has 0 aliphatic carbocycles. The second kappa shape index (κ2) is 6.24. The van der Waals surface area contributed by atoms with Crippen molar-refractivity contribution in [1.29, 1.82) is 0 Å². The highest BCUT2D eigenvalue weighted by molar-refractivity contribution is 5.36. The molecule has 1 aromatic rings. The van der Waals surface area contributed by atoms with E-state index in [-0.39, 0.29) is 0 Å². The molecule has 1 fully saturated rings. The minimum absolute atomic E-state index is 0.540. The summed E-state index contributed by atoms with van der Waals surface area (Å²) >= 11 is 0. The van der Waals surface area contributed by atoms with E-state index >= 15 is 0 Å². The zero-order chi connectivity index (χ0) is 13.8. The molecule has 1 aromatic heterocycles.